The predicted octanol–water partition coefficient (Wildman–Crippen LogP) is 3.69. The lowest BCUT2D eigenvalue weighted by atomic mass is 9.84. The molecule has 1 aromatic carbocycles. The molecular weight excluding hydrogens is 306 g/mol. The normalized spacial score (nSPS) is 19.5. The fourth-order valence-corrected chi connectivity index (χ4v) is 2.60. The molecule has 0 spiro atoms. The van der Waals surface area contributed by atoms with Gasteiger partial charge in [-0.05, 0) is 32.9 Å². The minimum atomic E-state index is -1.10. The van der Waals surface area contributed by atoms with Gasteiger partial charge in [0.15, 0.2) is 11.6 Å². The molecule has 0 N–H and O–H groups in total. The first kappa shape index (κ1) is 17.2. The second-order valence-electron chi connectivity index (χ2n) is 5.83. The van der Waals surface area contributed by atoms with E-state index in [1.807, 2.05) is 20.8 Å². The summed E-state index contributed by atoms with van der Waals surface area (Å²) >= 11 is 0. The number of methoxy groups -OCH3 is 1. The van der Waals surface area contributed by atoms with Crippen molar-refractivity contribution in [3.8, 4) is 5.75 Å². The summed E-state index contributed by atoms with van der Waals surface area (Å²) in [6, 6.07) is 2.38. The average molecular weight is 326 g/mol. The molecule has 1 heterocycles. The Kier molecular flexibility index (Phi) is 4.63. The van der Waals surface area contributed by atoms with E-state index in [0.717, 1.165) is 6.07 Å². The molecule has 0 unspecified atom stereocenters. The smallest absolute Gasteiger partial charge is 0.373 e. The number of ether oxygens (including phenoxy) is 3. The van der Waals surface area contributed by atoms with Crippen molar-refractivity contribution in [2.24, 2.45) is 5.92 Å². The van der Waals surface area contributed by atoms with E-state index in [1.54, 1.807) is 6.92 Å². The molecule has 0 amide bonds. The van der Waals surface area contributed by atoms with Crippen LogP contribution in [0.5, 0.6) is 5.75 Å². The summed E-state index contributed by atoms with van der Waals surface area (Å²) in [4.78, 5) is 12.2. The number of esters is 1. The van der Waals surface area contributed by atoms with Gasteiger partial charge in [0, 0.05) is 17.1 Å². The Labute approximate surface area is 134 Å². The van der Waals surface area contributed by atoms with Gasteiger partial charge in [0.2, 0.25) is 11.6 Å². The minimum absolute atomic E-state index is 0.00802. The predicted molar refractivity (Wildman–Crippen MR) is 80.8 cm³/mol. The van der Waals surface area contributed by atoms with Gasteiger partial charge in [-0.25, -0.2) is 9.18 Å². The fourth-order valence-electron chi connectivity index (χ4n) is 2.60. The molecular formula is C17H20F2O4. The molecule has 0 aromatic heterocycles. The van der Waals surface area contributed by atoms with Crippen molar-refractivity contribution >= 4 is 11.5 Å². The SMILES string of the molecule is CCOC(=O)C1=C(c2ccc(F)c(F)c2OC)[C@@H](C)C(C)(C)O1. The summed E-state index contributed by atoms with van der Waals surface area (Å²) in [5, 5.41) is 0. The van der Waals surface area contributed by atoms with Gasteiger partial charge in [0.1, 0.15) is 5.60 Å². The molecule has 0 saturated heterocycles. The van der Waals surface area contributed by atoms with E-state index in [4.69, 9.17) is 14.2 Å². The third kappa shape index (κ3) is 2.90. The van der Waals surface area contributed by atoms with Crippen LogP contribution in [0.1, 0.15) is 33.3 Å². The molecule has 1 atom stereocenters. The Bertz CT molecular complexity index is 665. The summed E-state index contributed by atoms with van der Waals surface area (Å²) in [6.45, 7) is 7.34. The average Bonchev–Trinajstić information content (AvgIpc) is 2.73. The molecule has 0 saturated carbocycles. The Hall–Kier alpha value is -2.11. The third-order valence-electron chi connectivity index (χ3n) is 4.09. The van der Waals surface area contributed by atoms with Crippen molar-refractivity contribution in [3.05, 3.63) is 35.1 Å². The summed E-state index contributed by atoms with van der Waals surface area (Å²) in [5.74, 6) is -3.25. The Morgan fingerprint density at radius 2 is 2.00 bits per heavy atom. The number of carbonyl (C=O) groups excluding carboxylic acids is 1. The highest BCUT2D eigenvalue weighted by molar-refractivity contribution is 5.98. The van der Waals surface area contributed by atoms with Crippen LogP contribution in [0.3, 0.4) is 0 Å². The zero-order chi connectivity index (χ0) is 17.4. The molecule has 1 aliphatic heterocycles. The lowest BCUT2D eigenvalue weighted by Gasteiger charge is -2.25. The first-order chi connectivity index (χ1) is 10.7. The van der Waals surface area contributed by atoms with Gasteiger partial charge in [-0.3, -0.25) is 0 Å². The molecule has 0 aliphatic carbocycles. The van der Waals surface area contributed by atoms with E-state index < -0.39 is 23.2 Å². The summed E-state index contributed by atoms with van der Waals surface area (Å²) in [6.07, 6.45) is 0. The molecule has 1 aromatic rings. The van der Waals surface area contributed by atoms with Crippen molar-refractivity contribution in [2.75, 3.05) is 13.7 Å². The fraction of sp³-hybridized carbons (Fsp3) is 0.471. The highest BCUT2D eigenvalue weighted by Crippen LogP contribution is 2.47. The van der Waals surface area contributed by atoms with Crippen LogP contribution in [-0.2, 0) is 14.3 Å². The Morgan fingerprint density at radius 3 is 2.57 bits per heavy atom. The minimum Gasteiger partial charge on any atom is -0.493 e. The number of rotatable bonds is 4. The molecule has 0 radical (unpaired) electrons. The van der Waals surface area contributed by atoms with E-state index in [1.165, 1.54) is 13.2 Å². The second-order valence-corrected chi connectivity index (χ2v) is 5.83. The van der Waals surface area contributed by atoms with Gasteiger partial charge in [-0.1, -0.05) is 6.92 Å². The molecule has 0 bridgehead atoms. The molecule has 6 heteroatoms. The first-order valence-corrected chi connectivity index (χ1v) is 7.37. The summed E-state index contributed by atoms with van der Waals surface area (Å²) in [5.41, 5.74) is 0.0459. The maximum absolute atomic E-state index is 14.0. The molecule has 0 fully saturated rings. The second kappa shape index (κ2) is 6.18. The molecule has 4 nitrogen and oxygen atoms in total. The van der Waals surface area contributed by atoms with Gasteiger partial charge < -0.3 is 14.2 Å². The van der Waals surface area contributed by atoms with E-state index >= 15 is 0 Å². The van der Waals surface area contributed by atoms with Gasteiger partial charge in [-0.15, -0.1) is 0 Å². The van der Waals surface area contributed by atoms with Crippen LogP contribution in [-0.4, -0.2) is 25.3 Å². The van der Waals surface area contributed by atoms with Crippen LogP contribution in [0.4, 0.5) is 8.78 Å². The number of hydrogen-bond acceptors (Lipinski definition) is 4. The van der Waals surface area contributed by atoms with Crippen LogP contribution in [0.2, 0.25) is 0 Å². The van der Waals surface area contributed by atoms with Crippen molar-refractivity contribution in [1.29, 1.82) is 0 Å². The Morgan fingerprint density at radius 1 is 1.35 bits per heavy atom. The van der Waals surface area contributed by atoms with Crippen LogP contribution in [0, 0.1) is 17.6 Å². The Balaban J connectivity index is 2.67. The van der Waals surface area contributed by atoms with E-state index in [2.05, 4.69) is 0 Å². The van der Waals surface area contributed by atoms with Crippen molar-refractivity contribution in [3.63, 3.8) is 0 Å². The summed E-state index contributed by atoms with van der Waals surface area (Å²) < 4.78 is 43.3. The summed E-state index contributed by atoms with van der Waals surface area (Å²) in [7, 11) is 1.25. The van der Waals surface area contributed by atoms with Crippen molar-refractivity contribution in [1.82, 2.24) is 0 Å². The number of benzene rings is 1. The van der Waals surface area contributed by atoms with Gasteiger partial charge in [0.25, 0.3) is 0 Å². The molecule has 126 valence electrons. The van der Waals surface area contributed by atoms with E-state index in [9.17, 15) is 13.6 Å². The highest BCUT2D eigenvalue weighted by Gasteiger charge is 2.44. The lowest BCUT2D eigenvalue weighted by molar-refractivity contribution is -0.144. The van der Waals surface area contributed by atoms with Gasteiger partial charge in [0.05, 0.1) is 13.7 Å². The highest BCUT2D eigenvalue weighted by atomic mass is 19.2. The number of halogens is 2. The van der Waals surface area contributed by atoms with Crippen molar-refractivity contribution in [2.45, 2.75) is 33.3 Å². The maximum Gasteiger partial charge on any atom is 0.373 e. The van der Waals surface area contributed by atoms with Gasteiger partial charge in [-0.2, -0.15) is 4.39 Å². The lowest BCUT2D eigenvalue weighted by Crippen LogP contribution is -2.27. The number of hydrogen-bond donors (Lipinski definition) is 0. The van der Waals surface area contributed by atoms with Crippen molar-refractivity contribution < 1.29 is 27.8 Å². The molecule has 1 aliphatic rings. The topological polar surface area (TPSA) is 44.8 Å². The largest absolute Gasteiger partial charge is 0.493 e. The van der Waals surface area contributed by atoms with Gasteiger partial charge >= 0.3 is 5.97 Å². The maximum atomic E-state index is 14.0. The standard InChI is InChI=1S/C17H20F2O4/c1-6-22-16(20)15-12(9(2)17(3,4)23-15)10-7-8-11(18)13(19)14(10)21-5/h7-9H,6H2,1-5H3/t9-/m1/s1. The quantitative estimate of drug-likeness (QED) is 0.792. The first-order valence-electron chi connectivity index (χ1n) is 7.37. The van der Waals surface area contributed by atoms with E-state index in [-0.39, 0.29) is 29.6 Å². The van der Waals surface area contributed by atoms with Crippen LogP contribution < -0.4 is 4.74 Å². The third-order valence-corrected chi connectivity index (χ3v) is 4.09. The van der Waals surface area contributed by atoms with Crippen LogP contribution >= 0.6 is 0 Å². The molecule has 23 heavy (non-hydrogen) atoms. The zero-order valence-corrected chi connectivity index (χ0v) is 13.8. The van der Waals surface area contributed by atoms with Crippen LogP contribution in [0.15, 0.2) is 17.9 Å². The monoisotopic (exact) mass is 326 g/mol. The number of carbonyl (C=O) groups is 1. The van der Waals surface area contributed by atoms with E-state index in [0.29, 0.717) is 5.57 Å². The van der Waals surface area contributed by atoms with Crippen LogP contribution in [0.25, 0.3) is 5.57 Å². The molecule has 2 rings (SSSR count). The zero-order valence-electron chi connectivity index (χ0n) is 13.8.